The summed E-state index contributed by atoms with van der Waals surface area (Å²) >= 11 is 0. The van der Waals surface area contributed by atoms with Gasteiger partial charge >= 0.3 is 0 Å². The van der Waals surface area contributed by atoms with Crippen LogP contribution in [-0.2, 0) is 6.54 Å². The van der Waals surface area contributed by atoms with Gasteiger partial charge in [-0.2, -0.15) is 0 Å². The number of carbonyl (C=O) groups is 1. The lowest BCUT2D eigenvalue weighted by atomic mass is 10.2. The number of likely N-dealkylation sites (N-methyl/N-ethyl adjacent to an activating group) is 1. The zero-order valence-corrected chi connectivity index (χ0v) is 15.8. The Morgan fingerprint density at radius 2 is 1.77 bits per heavy atom. The second-order valence-corrected chi connectivity index (χ2v) is 7.06. The molecule has 1 aromatic carbocycles. The molecule has 26 heavy (non-hydrogen) atoms. The molecule has 2 heterocycles. The predicted molar refractivity (Wildman–Crippen MR) is 103 cm³/mol. The summed E-state index contributed by atoms with van der Waals surface area (Å²) < 4.78 is 0. The molecule has 1 amide bonds. The van der Waals surface area contributed by atoms with Crippen LogP contribution in [0.1, 0.15) is 29.9 Å². The molecule has 1 aromatic heterocycles. The van der Waals surface area contributed by atoms with Crippen molar-refractivity contribution in [3.05, 3.63) is 54.0 Å². The molecule has 2 aromatic rings. The zero-order chi connectivity index (χ0) is 18.5. The van der Waals surface area contributed by atoms with Gasteiger partial charge in [-0.1, -0.05) is 30.3 Å². The molecule has 1 aliphatic rings. The summed E-state index contributed by atoms with van der Waals surface area (Å²) in [5.41, 5.74) is 1.50. The summed E-state index contributed by atoms with van der Waals surface area (Å²) in [5.74, 6) is 0.759. The molecule has 0 radical (unpaired) electrons. The Morgan fingerprint density at radius 1 is 1.08 bits per heavy atom. The van der Waals surface area contributed by atoms with Crippen molar-refractivity contribution in [3.63, 3.8) is 0 Å². The number of hydrogen-bond acceptors (Lipinski definition) is 5. The van der Waals surface area contributed by atoms with Crippen molar-refractivity contribution in [3.8, 4) is 0 Å². The number of aromatic nitrogens is 2. The molecule has 1 fully saturated rings. The highest BCUT2D eigenvalue weighted by Crippen LogP contribution is 2.15. The number of anilines is 1. The van der Waals surface area contributed by atoms with E-state index in [4.69, 9.17) is 0 Å². The van der Waals surface area contributed by atoms with Gasteiger partial charge in [0.05, 0.1) is 12.4 Å². The Labute approximate surface area is 155 Å². The highest BCUT2D eigenvalue weighted by Gasteiger charge is 2.22. The van der Waals surface area contributed by atoms with Crippen LogP contribution in [0.5, 0.6) is 0 Å². The molecule has 0 aliphatic carbocycles. The van der Waals surface area contributed by atoms with Gasteiger partial charge in [0.1, 0.15) is 11.5 Å². The highest BCUT2D eigenvalue weighted by molar-refractivity contribution is 5.92. The second kappa shape index (κ2) is 8.27. The Kier molecular flexibility index (Phi) is 5.83. The monoisotopic (exact) mass is 353 g/mol. The summed E-state index contributed by atoms with van der Waals surface area (Å²) in [5, 5.41) is 0. The maximum absolute atomic E-state index is 12.9. The first-order valence-corrected chi connectivity index (χ1v) is 9.15. The fourth-order valence-corrected chi connectivity index (χ4v) is 3.05. The molecular weight excluding hydrogens is 326 g/mol. The number of hydrogen-bond donors (Lipinski definition) is 0. The van der Waals surface area contributed by atoms with Crippen LogP contribution in [0.4, 0.5) is 5.82 Å². The third kappa shape index (κ3) is 4.38. The fraction of sp³-hybridized carbons (Fsp3) is 0.450. The topological polar surface area (TPSA) is 52.6 Å². The van der Waals surface area contributed by atoms with Crippen molar-refractivity contribution >= 4 is 11.7 Å². The van der Waals surface area contributed by atoms with E-state index in [9.17, 15) is 4.79 Å². The van der Waals surface area contributed by atoms with Crippen LogP contribution in [0.15, 0.2) is 42.7 Å². The van der Waals surface area contributed by atoms with Gasteiger partial charge in [-0.25, -0.2) is 9.97 Å². The van der Waals surface area contributed by atoms with Gasteiger partial charge < -0.3 is 14.7 Å². The van der Waals surface area contributed by atoms with Crippen LogP contribution in [-0.4, -0.2) is 64.9 Å². The van der Waals surface area contributed by atoms with Crippen LogP contribution < -0.4 is 4.90 Å². The summed E-state index contributed by atoms with van der Waals surface area (Å²) in [7, 11) is 2.12. The number of carbonyl (C=O) groups excluding carboxylic acids is 1. The van der Waals surface area contributed by atoms with Crippen LogP contribution in [0.2, 0.25) is 0 Å². The molecule has 0 saturated carbocycles. The molecule has 1 saturated heterocycles. The van der Waals surface area contributed by atoms with E-state index in [0.717, 1.165) is 37.6 Å². The Balaban J connectivity index is 1.71. The number of rotatable bonds is 5. The Bertz CT molecular complexity index is 709. The van der Waals surface area contributed by atoms with E-state index in [1.54, 1.807) is 12.4 Å². The zero-order valence-electron chi connectivity index (χ0n) is 15.8. The van der Waals surface area contributed by atoms with Crippen molar-refractivity contribution in [1.82, 2.24) is 19.8 Å². The third-order valence-electron chi connectivity index (χ3n) is 4.76. The van der Waals surface area contributed by atoms with Gasteiger partial charge in [-0.15, -0.1) is 0 Å². The molecule has 138 valence electrons. The summed E-state index contributed by atoms with van der Waals surface area (Å²) in [6.45, 7) is 8.51. The van der Waals surface area contributed by atoms with E-state index in [1.807, 2.05) is 49.1 Å². The lowest BCUT2D eigenvalue weighted by Gasteiger charge is -2.33. The van der Waals surface area contributed by atoms with Crippen LogP contribution in [0, 0.1) is 0 Å². The molecular formula is C20H27N5O. The van der Waals surface area contributed by atoms with Crippen molar-refractivity contribution in [2.75, 3.05) is 38.1 Å². The van der Waals surface area contributed by atoms with Gasteiger partial charge in [-0.05, 0) is 26.5 Å². The quantitative estimate of drug-likeness (QED) is 0.825. The second-order valence-electron chi connectivity index (χ2n) is 7.06. The minimum absolute atomic E-state index is 0.0821. The highest BCUT2D eigenvalue weighted by atomic mass is 16.2. The van der Waals surface area contributed by atoms with E-state index in [2.05, 4.69) is 26.8 Å². The minimum Gasteiger partial charge on any atom is -0.353 e. The SMILES string of the molecule is CC(C)N(Cc1ccccc1)C(=O)c1cnc(N2CCN(C)CC2)cn1. The maximum Gasteiger partial charge on any atom is 0.274 e. The number of benzene rings is 1. The van der Waals surface area contributed by atoms with Gasteiger partial charge in [-0.3, -0.25) is 4.79 Å². The lowest BCUT2D eigenvalue weighted by molar-refractivity contribution is 0.0684. The molecule has 0 spiro atoms. The van der Waals surface area contributed by atoms with Crippen molar-refractivity contribution in [1.29, 1.82) is 0 Å². The predicted octanol–water partition coefficient (Wildman–Crippen LogP) is 2.28. The van der Waals surface area contributed by atoms with Gasteiger partial charge in [0.15, 0.2) is 0 Å². The summed E-state index contributed by atoms with van der Waals surface area (Å²) in [6, 6.07) is 10.1. The number of nitrogens with zero attached hydrogens (tertiary/aromatic N) is 5. The Hall–Kier alpha value is -2.47. The molecule has 1 aliphatic heterocycles. The first-order chi connectivity index (χ1) is 12.5. The van der Waals surface area contributed by atoms with Gasteiger partial charge in [0.25, 0.3) is 5.91 Å². The molecule has 6 nitrogen and oxygen atoms in total. The summed E-state index contributed by atoms with van der Waals surface area (Å²) in [6.07, 6.45) is 3.33. The van der Waals surface area contributed by atoms with E-state index in [-0.39, 0.29) is 11.9 Å². The number of piperazine rings is 1. The third-order valence-corrected chi connectivity index (χ3v) is 4.76. The van der Waals surface area contributed by atoms with Gasteiger partial charge in [0, 0.05) is 38.8 Å². The average Bonchev–Trinajstić information content (AvgIpc) is 2.67. The molecule has 0 atom stereocenters. The number of amides is 1. The standard InChI is InChI=1S/C20H27N5O/c1-16(2)25(15-17-7-5-4-6-8-17)20(26)18-13-22-19(14-21-18)24-11-9-23(3)10-12-24/h4-8,13-14,16H,9-12,15H2,1-3H3. The maximum atomic E-state index is 12.9. The van der Waals surface area contributed by atoms with E-state index in [1.165, 1.54) is 0 Å². The first kappa shape index (κ1) is 18.3. The van der Waals surface area contributed by atoms with Crippen molar-refractivity contribution in [2.24, 2.45) is 0 Å². The van der Waals surface area contributed by atoms with Crippen molar-refractivity contribution in [2.45, 2.75) is 26.4 Å². The lowest BCUT2D eigenvalue weighted by Crippen LogP contribution is -2.45. The molecule has 0 bridgehead atoms. The van der Waals surface area contributed by atoms with Crippen molar-refractivity contribution < 1.29 is 4.79 Å². The molecule has 6 heteroatoms. The largest absolute Gasteiger partial charge is 0.353 e. The Morgan fingerprint density at radius 3 is 2.35 bits per heavy atom. The fourth-order valence-electron chi connectivity index (χ4n) is 3.05. The van der Waals surface area contributed by atoms with E-state index in [0.29, 0.717) is 12.2 Å². The molecule has 0 N–H and O–H groups in total. The minimum atomic E-state index is -0.0821. The molecule has 0 unspecified atom stereocenters. The van der Waals surface area contributed by atoms with Crippen LogP contribution >= 0.6 is 0 Å². The van der Waals surface area contributed by atoms with E-state index < -0.39 is 0 Å². The first-order valence-electron chi connectivity index (χ1n) is 9.15. The van der Waals surface area contributed by atoms with Crippen LogP contribution in [0.3, 0.4) is 0 Å². The van der Waals surface area contributed by atoms with Gasteiger partial charge in [0.2, 0.25) is 0 Å². The summed E-state index contributed by atoms with van der Waals surface area (Å²) in [4.78, 5) is 28.2. The normalized spacial score (nSPS) is 15.3. The molecule has 3 rings (SSSR count). The average molecular weight is 353 g/mol. The smallest absolute Gasteiger partial charge is 0.274 e. The van der Waals surface area contributed by atoms with Crippen LogP contribution in [0.25, 0.3) is 0 Å². The van der Waals surface area contributed by atoms with E-state index >= 15 is 0 Å².